The average Bonchev–Trinajstić information content (AvgIpc) is 2.68. The van der Waals surface area contributed by atoms with Crippen molar-refractivity contribution in [2.24, 2.45) is 4.99 Å². The third kappa shape index (κ3) is 4.24. The number of hydrogen-bond donors (Lipinski definition) is 2. The second-order valence-electron chi connectivity index (χ2n) is 7.14. The van der Waals surface area contributed by atoms with E-state index in [0.29, 0.717) is 17.3 Å². The van der Waals surface area contributed by atoms with Gasteiger partial charge < -0.3 is 5.32 Å². The SMILES string of the molecule is C=C(Nc1ncc2c(C)cc(=O)n(C3CCCCC3)c2n1)/C(C)=C\C=N\C=N. The zero-order valence-electron chi connectivity index (χ0n) is 16.4. The van der Waals surface area contributed by atoms with Gasteiger partial charge in [0.05, 0.1) is 0 Å². The van der Waals surface area contributed by atoms with Crippen LogP contribution in [0.15, 0.2) is 46.0 Å². The lowest BCUT2D eigenvalue weighted by Gasteiger charge is -2.25. The van der Waals surface area contributed by atoms with E-state index in [9.17, 15) is 4.79 Å². The molecule has 0 radical (unpaired) electrons. The Morgan fingerprint density at radius 3 is 2.86 bits per heavy atom. The average molecular weight is 378 g/mol. The summed E-state index contributed by atoms with van der Waals surface area (Å²) in [6.07, 6.45) is 11.5. The molecule has 7 heteroatoms. The summed E-state index contributed by atoms with van der Waals surface area (Å²) < 4.78 is 1.84. The molecule has 0 spiro atoms. The van der Waals surface area contributed by atoms with Crippen LogP contribution in [-0.2, 0) is 0 Å². The summed E-state index contributed by atoms with van der Waals surface area (Å²) in [7, 11) is 0. The van der Waals surface area contributed by atoms with Gasteiger partial charge in [-0.15, -0.1) is 0 Å². The molecule has 2 aromatic heterocycles. The first-order valence-corrected chi connectivity index (χ1v) is 9.55. The zero-order valence-corrected chi connectivity index (χ0v) is 16.4. The Hall–Kier alpha value is -3.09. The highest BCUT2D eigenvalue weighted by atomic mass is 16.1. The highest BCUT2D eigenvalue weighted by Crippen LogP contribution is 2.29. The molecule has 1 aliphatic rings. The molecule has 0 unspecified atom stereocenters. The van der Waals surface area contributed by atoms with Crippen molar-refractivity contribution in [3.05, 3.63) is 52.1 Å². The molecule has 1 fully saturated rings. The van der Waals surface area contributed by atoms with Gasteiger partial charge in [-0.05, 0) is 43.9 Å². The topological polar surface area (TPSA) is 96.0 Å². The minimum Gasteiger partial charge on any atom is -0.324 e. The Labute approximate surface area is 164 Å². The molecule has 28 heavy (non-hydrogen) atoms. The molecule has 0 saturated heterocycles. The standard InChI is InChI=1S/C21H26N6O/c1-14(9-10-23-13-22)16(3)25-21-24-12-18-15(2)11-19(28)27(20(18)26-21)17-7-5-4-6-8-17/h9-13,17,22H,3-8H2,1-2H3,(H,24,25,26)/b14-9-,22-13?,23-10+. The first-order valence-electron chi connectivity index (χ1n) is 9.55. The number of nitrogens with one attached hydrogen (secondary N) is 2. The molecular formula is C21H26N6O. The van der Waals surface area contributed by atoms with E-state index in [1.165, 1.54) is 12.6 Å². The van der Waals surface area contributed by atoms with Crippen molar-refractivity contribution in [3.63, 3.8) is 0 Å². The maximum absolute atomic E-state index is 12.8. The van der Waals surface area contributed by atoms with Gasteiger partial charge in [-0.25, -0.2) is 9.98 Å². The van der Waals surface area contributed by atoms with Crippen LogP contribution in [0.2, 0.25) is 0 Å². The van der Waals surface area contributed by atoms with Crippen LogP contribution in [0.5, 0.6) is 0 Å². The third-order valence-corrected chi connectivity index (χ3v) is 5.16. The van der Waals surface area contributed by atoms with Gasteiger partial charge in [-0.2, -0.15) is 4.98 Å². The summed E-state index contributed by atoms with van der Waals surface area (Å²) in [5.41, 5.74) is 3.04. The monoisotopic (exact) mass is 378 g/mol. The van der Waals surface area contributed by atoms with Gasteiger partial charge in [-0.1, -0.05) is 25.8 Å². The molecule has 1 saturated carbocycles. The van der Waals surface area contributed by atoms with Gasteiger partial charge in [0.25, 0.3) is 5.56 Å². The van der Waals surface area contributed by atoms with E-state index >= 15 is 0 Å². The predicted molar refractivity (Wildman–Crippen MR) is 114 cm³/mol. The number of aromatic nitrogens is 3. The van der Waals surface area contributed by atoms with Crippen LogP contribution in [0.4, 0.5) is 5.95 Å². The van der Waals surface area contributed by atoms with Crippen molar-refractivity contribution in [2.75, 3.05) is 5.32 Å². The van der Waals surface area contributed by atoms with Crippen molar-refractivity contribution < 1.29 is 0 Å². The van der Waals surface area contributed by atoms with E-state index in [1.54, 1.807) is 18.3 Å². The van der Waals surface area contributed by atoms with Crippen molar-refractivity contribution in [3.8, 4) is 0 Å². The third-order valence-electron chi connectivity index (χ3n) is 5.16. The molecule has 0 amide bonds. The number of hydrogen-bond acceptors (Lipinski definition) is 5. The minimum atomic E-state index is -0.000640. The number of fused-ring (bicyclic) bond motifs is 1. The Bertz CT molecular complexity index is 1010. The number of nitrogens with zero attached hydrogens (tertiary/aromatic N) is 4. The van der Waals surface area contributed by atoms with Crippen LogP contribution in [0.1, 0.15) is 50.6 Å². The molecule has 0 bridgehead atoms. The molecule has 146 valence electrons. The van der Waals surface area contributed by atoms with Gasteiger partial charge in [0, 0.05) is 35.6 Å². The molecular weight excluding hydrogens is 352 g/mol. The smallest absolute Gasteiger partial charge is 0.252 e. The lowest BCUT2D eigenvalue weighted by Crippen LogP contribution is -2.27. The molecule has 0 aromatic carbocycles. The molecule has 2 heterocycles. The Morgan fingerprint density at radius 2 is 2.14 bits per heavy atom. The largest absolute Gasteiger partial charge is 0.324 e. The van der Waals surface area contributed by atoms with E-state index in [1.807, 2.05) is 18.4 Å². The van der Waals surface area contributed by atoms with Crippen LogP contribution < -0.4 is 10.9 Å². The first kappa shape index (κ1) is 19.7. The normalized spacial score (nSPS) is 15.9. The lowest BCUT2D eigenvalue weighted by molar-refractivity contribution is 0.353. The molecule has 1 aliphatic carbocycles. The van der Waals surface area contributed by atoms with Crippen LogP contribution in [0, 0.1) is 12.3 Å². The molecule has 2 aromatic rings. The fraction of sp³-hybridized carbons (Fsp3) is 0.381. The molecule has 7 nitrogen and oxygen atoms in total. The van der Waals surface area contributed by atoms with Crippen molar-refractivity contribution in [1.82, 2.24) is 14.5 Å². The Morgan fingerprint density at radius 1 is 1.39 bits per heavy atom. The second kappa shape index (κ2) is 8.73. The number of allylic oxidation sites excluding steroid dienone is 2. The quantitative estimate of drug-likeness (QED) is 0.448. The van der Waals surface area contributed by atoms with Crippen molar-refractivity contribution in [1.29, 1.82) is 5.41 Å². The fourth-order valence-electron chi connectivity index (χ4n) is 3.56. The highest BCUT2D eigenvalue weighted by molar-refractivity contribution is 5.81. The molecule has 0 atom stereocenters. The van der Waals surface area contributed by atoms with E-state index in [0.717, 1.165) is 48.5 Å². The van der Waals surface area contributed by atoms with Crippen LogP contribution in [-0.4, -0.2) is 27.1 Å². The van der Waals surface area contributed by atoms with Crippen molar-refractivity contribution in [2.45, 2.75) is 52.0 Å². The molecule has 0 aliphatic heterocycles. The van der Waals surface area contributed by atoms with Crippen LogP contribution in [0.3, 0.4) is 0 Å². The van der Waals surface area contributed by atoms with E-state index < -0.39 is 0 Å². The summed E-state index contributed by atoms with van der Waals surface area (Å²) in [4.78, 5) is 25.6. The van der Waals surface area contributed by atoms with E-state index in [-0.39, 0.29) is 11.6 Å². The van der Waals surface area contributed by atoms with Gasteiger partial charge in [0.2, 0.25) is 5.95 Å². The molecule has 2 N–H and O–H groups in total. The number of aliphatic imine (C=N–C) groups is 1. The highest BCUT2D eigenvalue weighted by Gasteiger charge is 2.20. The summed E-state index contributed by atoms with van der Waals surface area (Å²) in [6, 6.07) is 1.87. The Kier molecular flexibility index (Phi) is 6.13. The maximum atomic E-state index is 12.8. The minimum absolute atomic E-state index is 0.000640. The second-order valence-corrected chi connectivity index (χ2v) is 7.14. The number of pyridine rings is 1. The summed E-state index contributed by atoms with van der Waals surface area (Å²) >= 11 is 0. The van der Waals surface area contributed by atoms with Gasteiger partial charge in [0.15, 0.2) is 0 Å². The van der Waals surface area contributed by atoms with Crippen LogP contribution >= 0.6 is 0 Å². The van der Waals surface area contributed by atoms with E-state index in [2.05, 4.69) is 26.9 Å². The summed E-state index contributed by atoms with van der Waals surface area (Å²) in [6.45, 7) is 7.81. The first-order chi connectivity index (χ1) is 13.5. The van der Waals surface area contributed by atoms with Crippen LogP contribution in [0.25, 0.3) is 11.0 Å². The Balaban J connectivity index is 1.98. The number of aryl methyl sites for hydroxylation is 1. The van der Waals surface area contributed by atoms with E-state index in [4.69, 9.17) is 5.41 Å². The number of rotatable bonds is 6. The lowest BCUT2D eigenvalue weighted by atomic mass is 9.95. The predicted octanol–water partition coefficient (Wildman–Crippen LogP) is 4.15. The number of anilines is 1. The van der Waals surface area contributed by atoms with Gasteiger partial charge in [-0.3, -0.25) is 14.8 Å². The van der Waals surface area contributed by atoms with Gasteiger partial charge >= 0.3 is 0 Å². The maximum Gasteiger partial charge on any atom is 0.252 e. The van der Waals surface area contributed by atoms with Crippen molar-refractivity contribution >= 4 is 29.5 Å². The fourth-order valence-corrected chi connectivity index (χ4v) is 3.56. The summed E-state index contributed by atoms with van der Waals surface area (Å²) in [5.74, 6) is 0.406. The molecule has 3 rings (SSSR count). The zero-order chi connectivity index (χ0) is 20.1. The van der Waals surface area contributed by atoms with Gasteiger partial charge in [0.1, 0.15) is 12.0 Å². The summed E-state index contributed by atoms with van der Waals surface area (Å²) in [5, 5.41) is 10.9.